The standard InChI is InChI=1S/C35H49N7O8S2/c1-7-23(4)30(31(44)38-27(17-24-11-9-8-10-12-24)29(43)20-36-18-22(2)3)40-34(45)42(5)32(28-21-51-33(39-28)41-35(46)50-6)52(48,49)26-15-13-25(14-16-26)19-37-47/h8-16,19,21-23,27,29-30,32,36,43,47H,7,17-18,20H2,1-6H3,(H,38,44)(H,40,45)(H,39,41,46)/b37-19+/t23-,27-,29+,30-,32?/m0/s1. The summed E-state index contributed by atoms with van der Waals surface area (Å²) in [6.45, 7) is 8.64. The molecule has 3 aromatic rings. The average Bonchev–Trinajstić information content (AvgIpc) is 3.57. The molecule has 0 radical (unpaired) electrons. The fraction of sp³-hybridized carbons (Fsp3) is 0.457. The van der Waals surface area contributed by atoms with E-state index in [1.807, 2.05) is 51.1 Å². The maximum Gasteiger partial charge on any atom is 0.413 e. The van der Waals surface area contributed by atoms with Crippen molar-refractivity contribution >= 4 is 50.6 Å². The lowest BCUT2D eigenvalue weighted by Crippen LogP contribution is -2.58. The molecule has 0 spiro atoms. The zero-order chi connectivity index (χ0) is 38.4. The highest BCUT2D eigenvalue weighted by Crippen LogP contribution is 2.34. The fourth-order valence-corrected chi connectivity index (χ4v) is 7.75. The molecule has 0 aliphatic heterocycles. The third-order valence-electron chi connectivity index (χ3n) is 8.32. The fourth-order valence-electron chi connectivity index (χ4n) is 5.23. The van der Waals surface area contributed by atoms with E-state index in [9.17, 15) is 27.9 Å². The Kier molecular flexibility index (Phi) is 16.0. The van der Waals surface area contributed by atoms with Crippen LogP contribution in [-0.4, -0.2) is 98.3 Å². The maximum atomic E-state index is 14.2. The number of urea groups is 1. The number of hydrogen-bond donors (Lipinski definition) is 6. The molecule has 1 unspecified atom stereocenters. The summed E-state index contributed by atoms with van der Waals surface area (Å²) in [4.78, 5) is 44.9. The first kappa shape index (κ1) is 41.8. The van der Waals surface area contributed by atoms with Gasteiger partial charge in [0.05, 0.1) is 36.1 Å². The Morgan fingerprint density at radius 1 is 1.04 bits per heavy atom. The number of hydrogen-bond acceptors (Lipinski definition) is 12. The summed E-state index contributed by atoms with van der Waals surface area (Å²) in [6.07, 6.45) is 0.170. The molecule has 1 heterocycles. The van der Waals surface area contributed by atoms with Gasteiger partial charge in [-0.05, 0) is 48.1 Å². The Labute approximate surface area is 308 Å². The quantitative estimate of drug-likeness (QED) is 0.0624. The minimum atomic E-state index is -4.39. The number of carbonyl (C=O) groups is 3. The monoisotopic (exact) mass is 759 g/mol. The van der Waals surface area contributed by atoms with Crippen LogP contribution in [-0.2, 0) is 25.8 Å². The number of amides is 4. The van der Waals surface area contributed by atoms with Gasteiger partial charge < -0.3 is 35.9 Å². The van der Waals surface area contributed by atoms with E-state index < -0.39 is 57.3 Å². The van der Waals surface area contributed by atoms with Crippen molar-refractivity contribution in [1.29, 1.82) is 0 Å². The van der Waals surface area contributed by atoms with E-state index in [0.717, 1.165) is 28.0 Å². The molecule has 4 amide bonds. The number of carbonyl (C=O) groups excluding carboxylic acids is 3. The van der Waals surface area contributed by atoms with Gasteiger partial charge in [0.2, 0.25) is 15.7 Å². The van der Waals surface area contributed by atoms with Crippen LogP contribution in [0.2, 0.25) is 0 Å². The first-order valence-electron chi connectivity index (χ1n) is 16.8. The lowest BCUT2D eigenvalue weighted by atomic mass is 9.96. The van der Waals surface area contributed by atoms with Crippen molar-refractivity contribution in [3.05, 3.63) is 76.8 Å². The van der Waals surface area contributed by atoms with Gasteiger partial charge in [-0.3, -0.25) is 10.1 Å². The SMILES string of the molecule is CC[C@H](C)[C@H](NC(=O)N(C)C(c1csc(NC(=O)OC)n1)S(=O)(=O)c1ccc(/C=N/O)cc1)C(=O)N[C@@H](Cc1ccccc1)[C@H](O)CNCC(C)C. The summed E-state index contributed by atoms with van der Waals surface area (Å²) in [5.41, 5.74) is 1.25. The van der Waals surface area contributed by atoms with Crippen molar-refractivity contribution in [1.82, 2.24) is 25.8 Å². The van der Waals surface area contributed by atoms with Gasteiger partial charge in [-0.25, -0.2) is 23.0 Å². The molecular formula is C35H49N7O8S2. The maximum absolute atomic E-state index is 14.2. The Hall–Kier alpha value is -4.58. The number of ether oxygens (including phenoxy) is 1. The van der Waals surface area contributed by atoms with Crippen molar-refractivity contribution in [3.63, 3.8) is 0 Å². The molecule has 0 saturated carbocycles. The van der Waals surface area contributed by atoms with Crippen molar-refractivity contribution < 1.29 is 37.9 Å². The Morgan fingerprint density at radius 2 is 1.71 bits per heavy atom. The summed E-state index contributed by atoms with van der Waals surface area (Å²) in [5.74, 6) is -0.584. The van der Waals surface area contributed by atoms with Crippen LogP contribution < -0.4 is 21.3 Å². The largest absolute Gasteiger partial charge is 0.453 e. The average molecular weight is 760 g/mol. The van der Waals surface area contributed by atoms with Gasteiger partial charge in [0.25, 0.3) is 0 Å². The first-order chi connectivity index (χ1) is 24.7. The topological polar surface area (TPSA) is 212 Å². The van der Waals surface area contributed by atoms with Crippen LogP contribution >= 0.6 is 11.3 Å². The molecule has 0 fully saturated rings. The van der Waals surface area contributed by atoms with Crippen LogP contribution in [0.25, 0.3) is 0 Å². The van der Waals surface area contributed by atoms with Gasteiger partial charge in [-0.15, -0.1) is 11.3 Å². The van der Waals surface area contributed by atoms with Gasteiger partial charge in [0, 0.05) is 19.0 Å². The van der Waals surface area contributed by atoms with E-state index in [1.54, 1.807) is 6.92 Å². The minimum Gasteiger partial charge on any atom is -0.453 e. The molecule has 6 N–H and O–H groups in total. The number of oxime groups is 1. The summed E-state index contributed by atoms with van der Waals surface area (Å²) in [5, 5.41) is 34.1. The molecule has 1 aromatic heterocycles. The van der Waals surface area contributed by atoms with Crippen molar-refractivity contribution in [2.45, 2.75) is 69.0 Å². The molecule has 284 valence electrons. The third-order valence-corrected chi connectivity index (χ3v) is 11.2. The second kappa shape index (κ2) is 19.9. The molecule has 15 nitrogen and oxygen atoms in total. The van der Waals surface area contributed by atoms with E-state index in [0.29, 0.717) is 30.9 Å². The molecule has 2 aromatic carbocycles. The summed E-state index contributed by atoms with van der Waals surface area (Å²) in [7, 11) is -1.96. The van der Waals surface area contributed by atoms with Crippen LogP contribution in [0, 0.1) is 11.8 Å². The van der Waals surface area contributed by atoms with Crippen molar-refractivity contribution in [3.8, 4) is 0 Å². The molecule has 0 aliphatic rings. The Balaban J connectivity index is 1.95. The Morgan fingerprint density at radius 3 is 2.31 bits per heavy atom. The highest BCUT2D eigenvalue weighted by atomic mass is 32.2. The molecule has 0 saturated heterocycles. The number of benzene rings is 2. The van der Waals surface area contributed by atoms with E-state index in [2.05, 4.69) is 36.1 Å². The zero-order valence-electron chi connectivity index (χ0n) is 30.1. The number of anilines is 1. The molecule has 52 heavy (non-hydrogen) atoms. The summed E-state index contributed by atoms with van der Waals surface area (Å²) >= 11 is 0.931. The molecule has 0 bridgehead atoms. The van der Waals surface area contributed by atoms with Crippen molar-refractivity contribution in [2.75, 3.05) is 32.6 Å². The van der Waals surface area contributed by atoms with E-state index >= 15 is 0 Å². The lowest BCUT2D eigenvalue weighted by Gasteiger charge is -2.32. The van der Waals surface area contributed by atoms with Crippen LogP contribution in [0.5, 0.6) is 0 Å². The lowest BCUT2D eigenvalue weighted by molar-refractivity contribution is -0.125. The number of nitrogens with one attached hydrogen (secondary N) is 4. The van der Waals surface area contributed by atoms with Crippen LogP contribution in [0.15, 0.2) is 70.0 Å². The summed E-state index contributed by atoms with van der Waals surface area (Å²) < 4.78 is 33.0. The van der Waals surface area contributed by atoms with E-state index in [4.69, 9.17) is 5.21 Å². The van der Waals surface area contributed by atoms with Crippen LogP contribution in [0.4, 0.5) is 14.7 Å². The van der Waals surface area contributed by atoms with Crippen LogP contribution in [0.3, 0.4) is 0 Å². The second-order valence-corrected chi connectivity index (χ2v) is 15.6. The number of rotatable bonds is 18. The molecule has 5 atom stereocenters. The molecule has 17 heteroatoms. The van der Waals surface area contributed by atoms with Gasteiger partial charge in [0.1, 0.15) is 6.04 Å². The number of aromatic nitrogens is 1. The smallest absolute Gasteiger partial charge is 0.413 e. The number of sulfone groups is 1. The highest BCUT2D eigenvalue weighted by Gasteiger charge is 2.39. The molecule has 0 aliphatic carbocycles. The number of nitrogens with zero attached hydrogens (tertiary/aromatic N) is 3. The second-order valence-electron chi connectivity index (χ2n) is 12.8. The number of methoxy groups -OCH3 is 1. The van der Waals surface area contributed by atoms with Crippen molar-refractivity contribution in [2.24, 2.45) is 17.0 Å². The predicted octanol–water partition coefficient (Wildman–Crippen LogP) is 3.99. The van der Waals surface area contributed by atoms with Gasteiger partial charge in [-0.2, -0.15) is 0 Å². The van der Waals surface area contributed by atoms with Gasteiger partial charge in [0.15, 0.2) is 10.5 Å². The number of thiazole rings is 1. The van der Waals surface area contributed by atoms with Crippen LogP contribution in [0.1, 0.15) is 56.3 Å². The van der Waals surface area contributed by atoms with Gasteiger partial charge in [-0.1, -0.05) is 81.7 Å². The zero-order valence-corrected chi connectivity index (χ0v) is 31.8. The normalized spacial score (nSPS) is 14.6. The molecule has 3 rings (SSSR count). The first-order valence-corrected chi connectivity index (χ1v) is 19.2. The minimum absolute atomic E-state index is 0.0353. The van der Waals surface area contributed by atoms with Gasteiger partial charge >= 0.3 is 12.1 Å². The Bertz CT molecular complexity index is 1740. The number of aliphatic hydroxyl groups is 1. The highest BCUT2D eigenvalue weighted by molar-refractivity contribution is 7.91. The third kappa shape index (κ3) is 11.7. The van der Waals surface area contributed by atoms with E-state index in [-0.39, 0.29) is 22.3 Å². The number of aliphatic hydroxyl groups excluding tert-OH is 1. The molecular weight excluding hydrogens is 711 g/mol. The van der Waals surface area contributed by atoms with E-state index in [1.165, 1.54) is 43.8 Å². The summed E-state index contributed by atoms with van der Waals surface area (Å²) in [6, 6.07) is 12.2. The predicted molar refractivity (Wildman–Crippen MR) is 199 cm³/mol.